The predicted molar refractivity (Wildman–Crippen MR) is 252 cm³/mol. The van der Waals surface area contributed by atoms with Crippen molar-refractivity contribution in [2.45, 2.75) is 180 Å². The lowest BCUT2D eigenvalue weighted by Crippen LogP contribution is -2.61. The van der Waals surface area contributed by atoms with Gasteiger partial charge in [0, 0.05) is 44.9 Å². The summed E-state index contributed by atoms with van der Waals surface area (Å²) in [5.41, 5.74) is 8.97. The molecule has 2 saturated heterocycles. The summed E-state index contributed by atoms with van der Waals surface area (Å²) in [7, 11) is 2.91. The quantitative estimate of drug-likeness (QED) is 0.0960. The maximum atomic E-state index is 14.4. The van der Waals surface area contributed by atoms with Gasteiger partial charge in [-0.2, -0.15) is 0 Å². The van der Waals surface area contributed by atoms with Gasteiger partial charge in [-0.25, -0.2) is 9.59 Å². The standard InChI is InChI=1S/C51H79N3O14/c1-29-15-11-10-12-16-30(2)38(53-68-50(52)62)27-37-20-18-35(7)51(63,67-37)47(59)48(60)54-22-14-13-17-39(54)49(61)66-42(32(4)25-36-19-21-40(55)43(26-36)64-8)28-41(56)31(3)24-34(6)45(58)46(65-9)44(57)33(5)23-29/h10-12,15-16,24,29,31-33,35-40,42-43,45-46,53,55,58,63H,13-14,17-23,25-28H2,1-9H3,(H2,52,62)/b12-10+,15-11+,30-16+,34-24+/t29-,31-,32-,33-,35-,36+,37+,38?,39+,40-,42+,43-,45-,46?,51-/m1/s1. The summed E-state index contributed by atoms with van der Waals surface area (Å²) < 4.78 is 23.5. The molecule has 0 spiro atoms. The van der Waals surface area contributed by atoms with Gasteiger partial charge in [-0.05, 0) is 108 Å². The van der Waals surface area contributed by atoms with Crippen LogP contribution in [0.25, 0.3) is 0 Å². The second-order valence-electron chi connectivity index (χ2n) is 20.0. The van der Waals surface area contributed by atoms with Crippen LogP contribution in [-0.4, -0.2) is 131 Å². The van der Waals surface area contributed by atoms with E-state index in [0.717, 1.165) is 4.90 Å². The molecule has 17 nitrogen and oxygen atoms in total. The minimum absolute atomic E-state index is 0.0371. The number of aliphatic hydroxyl groups is 3. The van der Waals surface area contributed by atoms with Gasteiger partial charge in [0.05, 0.1) is 24.4 Å². The van der Waals surface area contributed by atoms with Gasteiger partial charge >= 0.3 is 12.1 Å². The number of nitrogens with two attached hydrogens (primary N) is 1. The Balaban J connectivity index is 1.72. The molecule has 2 bridgehead atoms. The van der Waals surface area contributed by atoms with Crippen LogP contribution in [0.1, 0.15) is 126 Å². The molecule has 1 aliphatic carbocycles. The monoisotopic (exact) mass is 958 g/mol. The highest BCUT2D eigenvalue weighted by Gasteiger charge is 2.53. The first-order valence-electron chi connectivity index (χ1n) is 24.5. The molecule has 4 aliphatic rings. The van der Waals surface area contributed by atoms with Gasteiger partial charge in [0.15, 0.2) is 5.78 Å². The molecule has 3 fully saturated rings. The molecule has 0 aromatic heterocycles. The number of cyclic esters (lactones) is 1. The summed E-state index contributed by atoms with van der Waals surface area (Å²) in [6, 6.07) is -1.88. The van der Waals surface area contributed by atoms with Crippen molar-refractivity contribution in [2.75, 3.05) is 20.8 Å². The number of Topliss-reactive ketones (excluding diaryl/α,β-unsaturated/α-hetero) is 3. The third kappa shape index (κ3) is 15.2. The van der Waals surface area contributed by atoms with Gasteiger partial charge in [0.25, 0.3) is 11.7 Å². The highest BCUT2D eigenvalue weighted by molar-refractivity contribution is 6.39. The average molecular weight is 958 g/mol. The van der Waals surface area contributed by atoms with Crippen LogP contribution < -0.4 is 11.2 Å². The summed E-state index contributed by atoms with van der Waals surface area (Å²) in [6.45, 7) is 12.4. The highest BCUT2D eigenvalue weighted by atomic mass is 16.7. The van der Waals surface area contributed by atoms with E-state index in [2.05, 4.69) is 5.48 Å². The number of methoxy groups -OCH3 is 2. The van der Waals surface area contributed by atoms with Crippen molar-refractivity contribution in [3.8, 4) is 0 Å². The zero-order valence-corrected chi connectivity index (χ0v) is 41.6. The Morgan fingerprint density at radius 3 is 2.32 bits per heavy atom. The number of hydroxylamine groups is 1. The second kappa shape index (κ2) is 26.2. The number of aliphatic hydroxyl groups excluding tert-OH is 2. The SMILES string of the molecule is COC1C(=O)[C@H](C)C[C@H](C)/C=C/C=C/C=C(\C)C(NOC(N)=O)C[C@@H]2CC[C@@H](C)[C@@](O)(O2)C(=O)C(=O)N2CCCC[C@H]2C(=O)O[C@H]([C@H](C)C[C@@H]2CC[C@@H](O)[C@H](OC)C2)CC(=O)[C@H](C)/C=C(\C)[C@H]1O. The Morgan fingerprint density at radius 2 is 1.65 bits per heavy atom. The molecule has 4 rings (SSSR count). The lowest BCUT2D eigenvalue weighted by atomic mass is 9.78. The first-order valence-corrected chi connectivity index (χ1v) is 24.5. The van der Waals surface area contributed by atoms with Crippen molar-refractivity contribution in [1.29, 1.82) is 0 Å². The molecule has 1 saturated carbocycles. The van der Waals surface area contributed by atoms with E-state index in [1.165, 1.54) is 7.11 Å². The van der Waals surface area contributed by atoms with Crippen LogP contribution in [0.15, 0.2) is 47.6 Å². The van der Waals surface area contributed by atoms with Gasteiger partial charge in [0.1, 0.15) is 30.1 Å². The molecule has 0 aromatic carbocycles. The molecule has 17 heteroatoms. The molecule has 0 radical (unpaired) electrons. The average Bonchev–Trinajstić information content (AvgIpc) is 3.30. The Kier molecular flexibility index (Phi) is 21.8. The molecule has 2 unspecified atom stereocenters. The maximum Gasteiger partial charge on any atom is 0.423 e. The van der Waals surface area contributed by atoms with E-state index in [1.807, 2.05) is 26.0 Å². The second-order valence-corrected chi connectivity index (χ2v) is 20.0. The van der Waals surface area contributed by atoms with Crippen LogP contribution >= 0.6 is 0 Å². The van der Waals surface area contributed by atoms with Crippen LogP contribution in [0.2, 0.25) is 0 Å². The van der Waals surface area contributed by atoms with E-state index in [-0.39, 0.29) is 61.2 Å². The van der Waals surface area contributed by atoms with E-state index in [9.17, 15) is 44.1 Å². The first kappa shape index (κ1) is 56.5. The van der Waals surface area contributed by atoms with E-state index >= 15 is 0 Å². The first-order chi connectivity index (χ1) is 32.1. The molecule has 3 heterocycles. The Labute approximate surface area is 402 Å². The summed E-state index contributed by atoms with van der Waals surface area (Å²) >= 11 is 0. The van der Waals surface area contributed by atoms with Crippen molar-refractivity contribution in [3.05, 3.63) is 47.6 Å². The molecule has 382 valence electrons. The summed E-state index contributed by atoms with van der Waals surface area (Å²) in [5, 5.41) is 33.9. The smallest absolute Gasteiger partial charge is 0.423 e. The number of ether oxygens (including phenoxy) is 4. The van der Waals surface area contributed by atoms with Crippen molar-refractivity contribution in [3.63, 3.8) is 0 Å². The lowest BCUT2D eigenvalue weighted by Gasteiger charge is -2.43. The zero-order valence-electron chi connectivity index (χ0n) is 41.6. The zero-order chi connectivity index (χ0) is 50.5. The number of piperidine rings is 1. The molecule has 68 heavy (non-hydrogen) atoms. The fourth-order valence-corrected chi connectivity index (χ4v) is 10.1. The van der Waals surface area contributed by atoms with Crippen LogP contribution in [0.4, 0.5) is 4.79 Å². The Bertz CT molecular complexity index is 1880. The van der Waals surface area contributed by atoms with Gasteiger partial charge in [-0.3, -0.25) is 19.2 Å². The minimum atomic E-state index is -2.54. The lowest BCUT2D eigenvalue weighted by molar-refractivity contribution is -0.264. The number of hydrogen-bond acceptors (Lipinski definition) is 15. The van der Waals surface area contributed by atoms with E-state index in [4.69, 9.17) is 29.5 Å². The Morgan fingerprint density at radius 1 is 0.926 bits per heavy atom. The molecule has 6 N–H and O–H groups in total. The summed E-state index contributed by atoms with van der Waals surface area (Å²) in [5.74, 6) is -8.60. The van der Waals surface area contributed by atoms with Crippen LogP contribution in [0.3, 0.4) is 0 Å². The number of carbonyl (C=O) groups is 6. The Hall–Kier alpha value is -4.10. The van der Waals surface area contributed by atoms with Crippen molar-refractivity contribution in [1.82, 2.24) is 10.4 Å². The summed E-state index contributed by atoms with van der Waals surface area (Å²) in [4.78, 5) is 88.6. The molecule has 2 amide bonds. The van der Waals surface area contributed by atoms with E-state index < -0.39 is 89.9 Å². The largest absolute Gasteiger partial charge is 0.460 e. The van der Waals surface area contributed by atoms with Gasteiger partial charge in [-0.15, -0.1) is 5.48 Å². The number of rotatable bonds is 7. The number of carbonyl (C=O) groups excluding carboxylic acids is 6. The number of primary amides is 1. The molecular weight excluding hydrogens is 879 g/mol. The highest BCUT2D eigenvalue weighted by Crippen LogP contribution is 2.37. The number of fused-ring (bicyclic) bond motifs is 3. The third-order valence-corrected chi connectivity index (χ3v) is 14.6. The summed E-state index contributed by atoms with van der Waals surface area (Å²) in [6.07, 6.45) is 9.00. The van der Waals surface area contributed by atoms with Crippen molar-refractivity contribution in [2.24, 2.45) is 41.2 Å². The number of allylic oxidation sites excluding steroid dienone is 6. The third-order valence-electron chi connectivity index (χ3n) is 14.6. The minimum Gasteiger partial charge on any atom is -0.460 e. The van der Waals surface area contributed by atoms with E-state index in [1.54, 1.807) is 66.0 Å². The molecular formula is C51H79N3O14. The number of ketones is 3. The number of esters is 1. The maximum absolute atomic E-state index is 14.4. The molecule has 0 aromatic rings. The van der Waals surface area contributed by atoms with Gasteiger partial charge in [0.2, 0.25) is 5.79 Å². The van der Waals surface area contributed by atoms with Gasteiger partial charge < -0.3 is 49.7 Å². The number of nitrogens with one attached hydrogen (secondary N) is 1. The number of amides is 2. The van der Waals surface area contributed by atoms with Crippen LogP contribution in [0.5, 0.6) is 0 Å². The van der Waals surface area contributed by atoms with Crippen molar-refractivity contribution < 1.29 is 67.9 Å². The molecule has 15 atom stereocenters. The van der Waals surface area contributed by atoms with Crippen molar-refractivity contribution >= 4 is 35.3 Å². The van der Waals surface area contributed by atoms with Crippen LogP contribution in [0, 0.1) is 35.5 Å². The predicted octanol–water partition coefficient (Wildman–Crippen LogP) is 5.13. The fourth-order valence-electron chi connectivity index (χ4n) is 10.1. The van der Waals surface area contributed by atoms with E-state index in [0.29, 0.717) is 68.9 Å². The number of hydrogen-bond donors (Lipinski definition) is 5. The normalized spacial score (nSPS) is 39.0. The van der Waals surface area contributed by atoms with Gasteiger partial charge in [-0.1, -0.05) is 76.6 Å². The fraction of sp³-hybridized carbons (Fsp3) is 0.725. The number of nitrogens with zero attached hydrogens (tertiary/aromatic N) is 1. The topological polar surface area (TPSA) is 251 Å². The molecule has 3 aliphatic heterocycles. The van der Waals surface area contributed by atoms with Crippen LogP contribution in [-0.2, 0) is 47.8 Å².